The number of ether oxygens (including phenoxy) is 1. The van der Waals surface area contributed by atoms with Crippen molar-refractivity contribution in [2.75, 3.05) is 30.7 Å². The number of aliphatic hydroxyl groups excluding tert-OH is 2. The molecule has 5 aromatic rings. The lowest BCUT2D eigenvalue weighted by Crippen LogP contribution is -2.29. The fraction of sp³-hybridized carbons (Fsp3) is 0.368. The molecule has 0 fully saturated rings. The van der Waals surface area contributed by atoms with Crippen molar-refractivity contribution < 1.29 is 55.6 Å². The summed E-state index contributed by atoms with van der Waals surface area (Å²) in [5.74, 6) is -3.14. The van der Waals surface area contributed by atoms with Crippen molar-refractivity contribution in [3.05, 3.63) is 66.0 Å². The van der Waals surface area contributed by atoms with Crippen molar-refractivity contribution in [1.29, 1.82) is 0 Å². The highest BCUT2D eigenvalue weighted by atomic mass is 32.2. The van der Waals surface area contributed by atoms with Crippen LogP contribution >= 0.6 is 0 Å². The van der Waals surface area contributed by atoms with Crippen molar-refractivity contribution in [3.63, 3.8) is 0 Å². The van der Waals surface area contributed by atoms with E-state index in [9.17, 15) is 51.3 Å². The summed E-state index contributed by atoms with van der Waals surface area (Å²) in [6.07, 6.45) is 2.81. The van der Waals surface area contributed by atoms with Gasteiger partial charge in [-0.05, 0) is 89.4 Å². The molecular formula is C38H41N3O14S2. The largest absolute Gasteiger partial charge is 0.507 e. The summed E-state index contributed by atoms with van der Waals surface area (Å²) in [6.45, 7) is 0.785. The molecule has 57 heavy (non-hydrogen) atoms. The van der Waals surface area contributed by atoms with Crippen LogP contribution in [-0.2, 0) is 55.9 Å². The van der Waals surface area contributed by atoms with E-state index in [1.165, 1.54) is 19.2 Å². The highest BCUT2D eigenvalue weighted by Crippen LogP contribution is 2.53. The van der Waals surface area contributed by atoms with Gasteiger partial charge in [0.25, 0.3) is 20.2 Å². The minimum atomic E-state index is -4.42. The average Bonchev–Trinajstić information content (AvgIpc) is 3.29. The zero-order valence-electron chi connectivity index (χ0n) is 30.9. The Morgan fingerprint density at radius 1 is 0.754 bits per heavy atom. The molecule has 0 unspecified atom stereocenters. The predicted molar refractivity (Wildman–Crippen MR) is 213 cm³/mol. The number of carbonyl (C=O) groups excluding carboxylic acids is 2. The Hall–Kier alpha value is -5.18. The zero-order chi connectivity index (χ0) is 41.6. The molecule has 6 rings (SSSR count). The van der Waals surface area contributed by atoms with Crippen LogP contribution in [0.25, 0.3) is 49.2 Å². The molecule has 0 radical (unpaired) electrons. The second-order valence-corrected chi connectivity index (χ2v) is 17.0. The quantitative estimate of drug-likeness (QED) is 0.0289. The number of aliphatic hydroxyl groups is 2. The number of aromatic hydroxyl groups is 1. The standard InChI is InChI=1S/C38H41N3O14S2/c1-18-10-22-21(6-3-4-7-26(46)40-16-56(49,50)51)37(48)33-25(45)13-20(15-43)29-28-19(14-42)12-24(44)32-34(28)31(30(22)35(29)33)23(11-18)38(55-2)36(32)39-9-5-8-27(47)41-17-57(52,53)54/h10,12-13,39,42-43,48H,3-9,11,14-17H2,1-2H3,(H,40,46)(H,41,47)(H,49,50,51)(H,52,53,54). The monoisotopic (exact) mass is 827 g/mol. The first kappa shape index (κ1) is 41.5. The van der Waals surface area contributed by atoms with Crippen LogP contribution in [0.3, 0.4) is 0 Å². The molecule has 0 saturated carbocycles. The summed E-state index contributed by atoms with van der Waals surface area (Å²) in [5, 5.41) is 43.5. The second-order valence-electron chi connectivity index (χ2n) is 14.1. The number of hydrogen-bond acceptors (Lipinski definition) is 13. The van der Waals surface area contributed by atoms with Gasteiger partial charge in [0, 0.05) is 41.3 Å². The maximum Gasteiger partial charge on any atom is 0.283 e. The minimum Gasteiger partial charge on any atom is -0.507 e. The van der Waals surface area contributed by atoms with Gasteiger partial charge in [-0.25, -0.2) is 0 Å². The summed E-state index contributed by atoms with van der Waals surface area (Å²) < 4.78 is 68.2. The van der Waals surface area contributed by atoms with Crippen LogP contribution < -0.4 is 31.5 Å². The number of nitrogens with one attached hydrogen (secondary N) is 3. The van der Waals surface area contributed by atoms with Crippen molar-refractivity contribution in [1.82, 2.24) is 10.6 Å². The molecule has 304 valence electrons. The molecule has 5 aromatic carbocycles. The van der Waals surface area contributed by atoms with Gasteiger partial charge in [0.2, 0.25) is 11.8 Å². The summed E-state index contributed by atoms with van der Waals surface area (Å²) >= 11 is 0. The molecule has 8 N–H and O–H groups in total. The van der Waals surface area contributed by atoms with E-state index in [0.29, 0.717) is 55.4 Å². The van der Waals surface area contributed by atoms with Crippen LogP contribution in [0.15, 0.2) is 27.3 Å². The third-order valence-electron chi connectivity index (χ3n) is 10.2. The van der Waals surface area contributed by atoms with E-state index in [1.807, 2.05) is 13.0 Å². The van der Waals surface area contributed by atoms with E-state index in [0.717, 1.165) is 5.57 Å². The molecule has 0 aromatic heterocycles. The van der Waals surface area contributed by atoms with E-state index in [2.05, 4.69) is 16.0 Å². The van der Waals surface area contributed by atoms with E-state index in [-0.39, 0.29) is 84.2 Å². The maximum absolute atomic E-state index is 14.2. The number of fused-ring (bicyclic) bond motifs is 1. The summed E-state index contributed by atoms with van der Waals surface area (Å²) in [6, 6.07) is 2.48. The van der Waals surface area contributed by atoms with Crippen LogP contribution in [0, 0.1) is 0 Å². The molecule has 0 saturated heterocycles. The zero-order valence-corrected chi connectivity index (χ0v) is 32.6. The number of anilines is 1. The molecule has 2 amide bonds. The lowest BCUT2D eigenvalue weighted by Gasteiger charge is -2.25. The number of methoxy groups -OCH3 is 1. The molecule has 17 nitrogen and oxygen atoms in total. The number of allylic oxidation sites excluding steroid dienone is 1. The third-order valence-corrected chi connectivity index (χ3v) is 11.2. The number of hydrogen-bond donors (Lipinski definition) is 8. The Morgan fingerprint density at radius 2 is 1.30 bits per heavy atom. The number of rotatable bonds is 17. The van der Waals surface area contributed by atoms with Gasteiger partial charge < -0.3 is 36.0 Å². The first-order chi connectivity index (χ1) is 26.9. The van der Waals surface area contributed by atoms with Crippen LogP contribution in [0.5, 0.6) is 11.5 Å². The fourth-order valence-electron chi connectivity index (χ4n) is 7.98. The topological polar surface area (TPSA) is 283 Å². The molecule has 0 spiro atoms. The first-order valence-electron chi connectivity index (χ1n) is 17.9. The molecule has 1 aliphatic rings. The van der Waals surface area contributed by atoms with Crippen LogP contribution in [0.1, 0.15) is 66.8 Å². The molecular weight excluding hydrogens is 787 g/mol. The fourth-order valence-corrected chi connectivity index (χ4v) is 8.66. The minimum absolute atomic E-state index is 0.0388. The Labute approximate surface area is 325 Å². The summed E-state index contributed by atoms with van der Waals surface area (Å²) in [4.78, 5) is 52.7. The third kappa shape index (κ3) is 8.03. The van der Waals surface area contributed by atoms with Crippen LogP contribution in [-0.4, -0.2) is 78.5 Å². The first-order valence-corrected chi connectivity index (χ1v) is 21.1. The number of unbranched alkanes of at least 4 members (excludes halogenated alkanes) is 1. The van der Waals surface area contributed by atoms with E-state index >= 15 is 0 Å². The van der Waals surface area contributed by atoms with Crippen molar-refractivity contribution in [2.24, 2.45) is 0 Å². The highest BCUT2D eigenvalue weighted by molar-refractivity contribution is 7.86. The molecule has 0 heterocycles. The Balaban J connectivity index is 1.60. The van der Waals surface area contributed by atoms with Crippen LogP contribution in [0.4, 0.5) is 5.69 Å². The van der Waals surface area contributed by atoms with Crippen molar-refractivity contribution in [3.8, 4) is 11.5 Å². The number of benzene rings is 5. The smallest absolute Gasteiger partial charge is 0.283 e. The lowest BCUT2D eigenvalue weighted by molar-refractivity contribution is -0.121. The Bertz CT molecular complexity index is 2840. The van der Waals surface area contributed by atoms with Gasteiger partial charge in [-0.1, -0.05) is 11.6 Å². The summed E-state index contributed by atoms with van der Waals surface area (Å²) in [5.41, 5.74) is 1.97. The van der Waals surface area contributed by atoms with Gasteiger partial charge in [0.15, 0.2) is 10.9 Å². The lowest BCUT2D eigenvalue weighted by atomic mass is 9.80. The predicted octanol–water partition coefficient (Wildman–Crippen LogP) is 2.38. The highest BCUT2D eigenvalue weighted by Gasteiger charge is 2.32. The Kier molecular flexibility index (Phi) is 11.6. The van der Waals surface area contributed by atoms with E-state index in [1.54, 1.807) is 0 Å². The number of phenols is 1. The van der Waals surface area contributed by atoms with Gasteiger partial charge in [0.05, 0.1) is 36.8 Å². The average molecular weight is 828 g/mol. The molecule has 19 heteroatoms. The van der Waals surface area contributed by atoms with Gasteiger partial charge in [-0.2, -0.15) is 16.8 Å². The van der Waals surface area contributed by atoms with Crippen molar-refractivity contribution in [2.45, 2.75) is 65.1 Å². The van der Waals surface area contributed by atoms with Gasteiger partial charge >= 0.3 is 0 Å². The van der Waals surface area contributed by atoms with Crippen LogP contribution in [0.2, 0.25) is 0 Å². The number of phenolic OH excluding ortho intramolecular Hbond substituents is 1. The molecule has 0 aliphatic heterocycles. The molecule has 1 aliphatic carbocycles. The molecule has 0 bridgehead atoms. The van der Waals surface area contributed by atoms with Crippen molar-refractivity contribution >= 4 is 86.9 Å². The molecule has 0 atom stereocenters. The van der Waals surface area contributed by atoms with Gasteiger partial charge in [-0.15, -0.1) is 0 Å². The van der Waals surface area contributed by atoms with Gasteiger partial charge in [-0.3, -0.25) is 28.3 Å². The van der Waals surface area contributed by atoms with E-state index in [4.69, 9.17) is 13.8 Å². The summed E-state index contributed by atoms with van der Waals surface area (Å²) in [7, 11) is -7.41. The number of amides is 2. The number of carbonyl (C=O) groups is 2. The normalized spacial score (nSPS) is 13.1. The Morgan fingerprint density at radius 3 is 1.84 bits per heavy atom. The SMILES string of the molecule is COc1c(NCCCC(=O)NCS(=O)(=O)O)c2c(=O)cc(CO)c3c4c(CO)cc(=O)c5c(O)c(CCCCC(=O)NCS(=O)(=O)O)c6c(c(c1CC(C)=C6)c23)c54. The van der Waals surface area contributed by atoms with Gasteiger partial charge in [0.1, 0.15) is 23.3 Å². The maximum atomic E-state index is 14.2. The van der Waals surface area contributed by atoms with E-state index < -0.39 is 67.9 Å². The second kappa shape index (κ2) is 16.0.